The van der Waals surface area contributed by atoms with Crippen molar-refractivity contribution in [3.05, 3.63) is 65.7 Å². The first-order chi connectivity index (χ1) is 10.1. The van der Waals surface area contributed by atoms with Crippen LogP contribution in [0.15, 0.2) is 52.9 Å². The van der Waals surface area contributed by atoms with Crippen LogP contribution in [-0.4, -0.2) is 5.78 Å². The molecule has 0 radical (unpaired) electrons. The highest BCUT2D eigenvalue weighted by molar-refractivity contribution is 5.97. The molecular weight excluding hydrogens is 269 g/mol. The lowest BCUT2D eigenvalue weighted by atomic mass is 10.1. The van der Waals surface area contributed by atoms with Crippen molar-refractivity contribution < 1.29 is 13.6 Å². The molecule has 0 unspecified atom stereocenters. The van der Waals surface area contributed by atoms with Gasteiger partial charge in [-0.25, -0.2) is 4.39 Å². The molecular formula is C17H14FNO2. The summed E-state index contributed by atoms with van der Waals surface area (Å²) >= 11 is 0. The van der Waals surface area contributed by atoms with E-state index in [1.807, 2.05) is 12.1 Å². The van der Waals surface area contributed by atoms with Crippen LogP contribution >= 0.6 is 0 Å². The summed E-state index contributed by atoms with van der Waals surface area (Å²) in [5.74, 6) is -0.391. The molecule has 0 aliphatic heterocycles. The van der Waals surface area contributed by atoms with Crippen molar-refractivity contribution in [1.29, 1.82) is 0 Å². The number of benzene rings is 2. The molecule has 3 nitrogen and oxygen atoms in total. The number of ketones is 1. The minimum atomic E-state index is -0.454. The van der Waals surface area contributed by atoms with Gasteiger partial charge in [-0.2, -0.15) is 0 Å². The van der Waals surface area contributed by atoms with E-state index in [2.05, 4.69) is 0 Å². The third-order valence-corrected chi connectivity index (χ3v) is 3.39. The number of fused-ring (bicyclic) bond motifs is 1. The number of para-hydroxylation sites is 1. The Kier molecular flexibility index (Phi) is 3.44. The summed E-state index contributed by atoms with van der Waals surface area (Å²) in [6, 6.07) is 13.6. The van der Waals surface area contributed by atoms with Crippen LogP contribution in [0.3, 0.4) is 0 Å². The average molecular weight is 283 g/mol. The fourth-order valence-electron chi connectivity index (χ4n) is 2.23. The van der Waals surface area contributed by atoms with E-state index in [0.29, 0.717) is 23.9 Å². The van der Waals surface area contributed by atoms with Crippen molar-refractivity contribution in [1.82, 2.24) is 0 Å². The standard InChI is InChI=1S/C17H14FNO2/c18-14-3-1-2-12-10-16(21-17(12)14)15(20)9-6-11-4-7-13(19)8-5-11/h1-5,7-8,10H,6,9,19H2. The zero-order valence-electron chi connectivity index (χ0n) is 11.3. The number of nitrogens with two attached hydrogens (primary N) is 1. The molecule has 0 spiro atoms. The number of carbonyl (C=O) groups excluding carboxylic acids is 1. The molecule has 2 N–H and O–H groups in total. The van der Waals surface area contributed by atoms with Crippen LogP contribution in [0.2, 0.25) is 0 Å². The third kappa shape index (κ3) is 2.79. The molecule has 3 rings (SSSR count). The number of Topliss-reactive ketones (excluding diaryl/α,β-unsaturated/α-hetero) is 1. The Hall–Kier alpha value is -2.62. The lowest BCUT2D eigenvalue weighted by molar-refractivity contribution is 0.0958. The molecule has 1 heterocycles. The van der Waals surface area contributed by atoms with Crippen molar-refractivity contribution >= 4 is 22.4 Å². The van der Waals surface area contributed by atoms with Gasteiger partial charge in [-0.05, 0) is 36.2 Å². The van der Waals surface area contributed by atoms with Crippen molar-refractivity contribution in [2.45, 2.75) is 12.8 Å². The molecule has 1 aromatic heterocycles. The fraction of sp³-hybridized carbons (Fsp3) is 0.118. The van der Waals surface area contributed by atoms with E-state index < -0.39 is 5.82 Å². The van der Waals surface area contributed by atoms with Crippen LogP contribution in [0.5, 0.6) is 0 Å². The maximum atomic E-state index is 13.5. The highest BCUT2D eigenvalue weighted by Gasteiger charge is 2.14. The summed E-state index contributed by atoms with van der Waals surface area (Å²) in [4.78, 5) is 12.1. The zero-order valence-corrected chi connectivity index (χ0v) is 11.3. The Morgan fingerprint density at radius 3 is 2.62 bits per heavy atom. The second kappa shape index (κ2) is 5.40. The summed E-state index contributed by atoms with van der Waals surface area (Å²) in [5, 5.41) is 0.603. The van der Waals surface area contributed by atoms with E-state index in [1.165, 1.54) is 6.07 Å². The number of hydrogen-bond acceptors (Lipinski definition) is 3. The summed E-state index contributed by atoms with van der Waals surface area (Å²) in [7, 11) is 0. The van der Waals surface area contributed by atoms with Gasteiger partial charge in [-0.1, -0.05) is 24.3 Å². The van der Waals surface area contributed by atoms with Gasteiger partial charge in [-0.15, -0.1) is 0 Å². The van der Waals surface area contributed by atoms with Gasteiger partial charge in [0.2, 0.25) is 0 Å². The SMILES string of the molecule is Nc1ccc(CCC(=O)c2cc3cccc(F)c3o2)cc1. The molecule has 0 aliphatic rings. The Morgan fingerprint density at radius 1 is 1.14 bits per heavy atom. The average Bonchev–Trinajstić information content (AvgIpc) is 2.92. The van der Waals surface area contributed by atoms with Crippen molar-refractivity contribution in [2.75, 3.05) is 5.73 Å². The molecule has 0 bridgehead atoms. The number of nitrogen functional groups attached to an aromatic ring is 1. The van der Waals surface area contributed by atoms with Crippen LogP contribution in [0.1, 0.15) is 22.5 Å². The molecule has 0 saturated carbocycles. The zero-order chi connectivity index (χ0) is 14.8. The van der Waals surface area contributed by atoms with E-state index in [9.17, 15) is 9.18 Å². The summed E-state index contributed by atoms with van der Waals surface area (Å²) < 4.78 is 18.9. The minimum Gasteiger partial charge on any atom is -0.450 e. The number of rotatable bonds is 4. The van der Waals surface area contributed by atoms with E-state index in [-0.39, 0.29) is 17.1 Å². The first kappa shape index (κ1) is 13.4. The fourth-order valence-corrected chi connectivity index (χ4v) is 2.23. The second-order valence-electron chi connectivity index (χ2n) is 4.93. The van der Waals surface area contributed by atoms with Gasteiger partial charge in [0.05, 0.1) is 0 Å². The van der Waals surface area contributed by atoms with E-state index >= 15 is 0 Å². The number of furan rings is 1. The summed E-state index contributed by atoms with van der Waals surface area (Å²) in [6.07, 6.45) is 0.907. The predicted molar refractivity (Wildman–Crippen MR) is 79.7 cm³/mol. The normalized spacial score (nSPS) is 10.9. The number of carbonyl (C=O) groups is 1. The van der Waals surface area contributed by atoms with Gasteiger partial charge in [0, 0.05) is 17.5 Å². The lowest BCUT2D eigenvalue weighted by Crippen LogP contribution is -1.99. The molecule has 0 aliphatic carbocycles. The molecule has 4 heteroatoms. The second-order valence-corrected chi connectivity index (χ2v) is 4.93. The smallest absolute Gasteiger partial charge is 0.198 e. The largest absolute Gasteiger partial charge is 0.450 e. The highest BCUT2D eigenvalue weighted by atomic mass is 19.1. The van der Waals surface area contributed by atoms with Crippen molar-refractivity contribution in [3.63, 3.8) is 0 Å². The van der Waals surface area contributed by atoms with Crippen LogP contribution in [0.4, 0.5) is 10.1 Å². The molecule has 0 amide bonds. The first-order valence-electron chi connectivity index (χ1n) is 6.69. The molecule has 0 fully saturated rings. The Morgan fingerprint density at radius 2 is 1.90 bits per heavy atom. The Labute approximate surface area is 121 Å². The molecule has 21 heavy (non-hydrogen) atoms. The van der Waals surface area contributed by atoms with Gasteiger partial charge in [0.1, 0.15) is 0 Å². The topological polar surface area (TPSA) is 56.2 Å². The maximum Gasteiger partial charge on any atom is 0.198 e. The number of aryl methyl sites for hydroxylation is 1. The number of anilines is 1. The van der Waals surface area contributed by atoms with Gasteiger partial charge in [-0.3, -0.25) is 4.79 Å². The first-order valence-corrected chi connectivity index (χ1v) is 6.69. The van der Waals surface area contributed by atoms with Crippen molar-refractivity contribution in [3.8, 4) is 0 Å². The third-order valence-electron chi connectivity index (χ3n) is 3.39. The highest BCUT2D eigenvalue weighted by Crippen LogP contribution is 2.23. The van der Waals surface area contributed by atoms with Gasteiger partial charge < -0.3 is 10.2 Å². The Bertz CT molecular complexity index is 790. The monoisotopic (exact) mass is 283 g/mol. The van der Waals surface area contributed by atoms with E-state index in [0.717, 1.165) is 5.56 Å². The minimum absolute atomic E-state index is 0.133. The number of halogens is 1. The van der Waals surface area contributed by atoms with E-state index in [4.69, 9.17) is 10.2 Å². The van der Waals surface area contributed by atoms with Gasteiger partial charge >= 0.3 is 0 Å². The van der Waals surface area contributed by atoms with Crippen LogP contribution < -0.4 is 5.73 Å². The Balaban J connectivity index is 1.75. The molecule has 0 saturated heterocycles. The van der Waals surface area contributed by atoms with Gasteiger partial charge in [0.15, 0.2) is 22.9 Å². The molecule has 106 valence electrons. The number of hydrogen-bond donors (Lipinski definition) is 1. The van der Waals surface area contributed by atoms with Crippen LogP contribution in [-0.2, 0) is 6.42 Å². The molecule has 2 aromatic carbocycles. The van der Waals surface area contributed by atoms with Crippen LogP contribution in [0.25, 0.3) is 11.0 Å². The lowest BCUT2D eigenvalue weighted by Gasteiger charge is -2.00. The van der Waals surface area contributed by atoms with Crippen LogP contribution in [0, 0.1) is 5.82 Å². The van der Waals surface area contributed by atoms with Gasteiger partial charge in [0.25, 0.3) is 0 Å². The van der Waals surface area contributed by atoms with Crippen molar-refractivity contribution in [2.24, 2.45) is 0 Å². The summed E-state index contributed by atoms with van der Waals surface area (Å²) in [6.45, 7) is 0. The molecule has 3 aromatic rings. The molecule has 0 atom stereocenters. The maximum absolute atomic E-state index is 13.5. The quantitative estimate of drug-likeness (QED) is 0.582. The van der Waals surface area contributed by atoms with E-state index in [1.54, 1.807) is 30.3 Å². The predicted octanol–water partition coefficient (Wildman–Crippen LogP) is 3.97. The summed E-state index contributed by atoms with van der Waals surface area (Å²) in [5.41, 5.74) is 7.47.